The van der Waals surface area contributed by atoms with Crippen LogP contribution in [0.25, 0.3) is 0 Å². The molecule has 1 aliphatic heterocycles. The van der Waals surface area contributed by atoms with E-state index in [1.165, 1.54) is 24.1 Å². The van der Waals surface area contributed by atoms with Crippen LogP contribution in [0.4, 0.5) is 4.39 Å². The molecule has 6 nitrogen and oxygen atoms in total. The molecule has 1 aromatic carbocycles. The Morgan fingerprint density at radius 3 is 2.60 bits per heavy atom. The molecule has 0 saturated carbocycles. The van der Waals surface area contributed by atoms with Gasteiger partial charge in [-0.3, -0.25) is 4.79 Å². The Hall–Kier alpha value is -2.83. The summed E-state index contributed by atoms with van der Waals surface area (Å²) in [6.07, 6.45) is 3.33. The summed E-state index contributed by atoms with van der Waals surface area (Å²) < 4.78 is 26.0. The Balaban J connectivity index is 1.73. The van der Waals surface area contributed by atoms with E-state index in [1.54, 1.807) is 29.1 Å². The maximum Gasteiger partial charge on any atom is 0.328 e. The summed E-state index contributed by atoms with van der Waals surface area (Å²) in [6, 6.07) is 8.97. The molecule has 2 atom stereocenters. The Labute approximate surface area is 144 Å². The number of para-hydroxylation sites is 1. The highest BCUT2D eigenvalue weighted by Crippen LogP contribution is 2.26. The van der Waals surface area contributed by atoms with Gasteiger partial charge in [-0.2, -0.15) is 0 Å². The number of benzene rings is 1. The number of halogens is 1. The van der Waals surface area contributed by atoms with Gasteiger partial charge in [-0.25, -0.2) is 9.18 Å². The van der Waals surface area contributed by atoms with E-state index in [0.717, 1.165) is 0 Å². The number of likely N-dealkylation sites (tertiary alicyclic amines) is 1. The van der Waals surface area contributed by atoms with Crippen molar-refractivity contribution in [3.8, 4) is 5.75 Å². The van der Waals surface area contributed by atoms with Crippen LogP contribution in [-0.2, 0) is 20.9 Å². The van der Waals surface area contributed by atoms with Gasteiger partial charge in [0.25, 0.3) is 0 Å². The number of ether oxygens (including phenoxy) is 2. The third-order valence-corrected chi connectivity index (χ3v) is 4.17. The van der Waals surface area contributed by atoms with Gasteiger partial charge in [-0.15, -0.1) is 0 Å². The van der Waals surface area contributed by atoms with Crippen LogP contribution in [0.2, 0.25) is 0 Å². The van der Waals surface area contributed by atoms with E-state index < -0.39 is 23.9 Å². The number of rotatable bonds is 5. The van der Waals surface area contributed by atoms with Gasteiger partial charge in [0, 0.05) is 18.8 Å². The van der Waals surface area contributed by atoms with Crippen LogP contribution in [0.1, 0.15) is 6.42 Å². The first kappa shape index (κ1) is 17.0. The number of carbonyl (C=O) groups excluding carboxylic acids is 2. The zero-order valence-corrected chi connectivity index (χ0v) is 13.8. The molecule has 0 N–H and O–H groups in total. The van der Waals surface area contributed by atoms with E-state index in [4.69, 9.17) is 9.47 Å². The van der Waals surface area contributed by atoms with Crippen molar-refractivity contribution in [2.75, 3.05) is 13.7 Å². The minimum atomic E-state index is -0.732. The first-order valence-electron chi connectivity index (χ1n) is 7.97. The van der Waals surface area contributed by atoms with E-state index in [-0.39, 0.29) is 31.2 Å². The number of hydrogen-bond donors (Lipinski definition) is 0. The van der Waals surface area contributed by atoms with Crippen molar-refractivity contribution in [1.29, 1.82) is 0 Å². The first-order chi connectivity index (χ1) is 12.1. The van der Waals surface area contributed by atoms with E-state index in [2.05, 4.69) is 0 Å². The Morgan fingerprint density at radius 1 is 1.20 bits per heavy atom. The average molecular weight is 346 g/mol. The molecule has 0 bridgehead atoms. The molecular weight excluding hydrogens is 327 g/mol. The van der Waals surface area contributed by atoms with Crippen molar-refractivity contribution >= 4 is 11.9 Å². The summed E-state index contributed by atoms with van der Waals surface area (Å²) in [4.78, 5) is 26.1. The number of carbonyl (C=O) groups is 2. The van der Waals surface area contributed by atoms with Crippen LogP contribution in [0.15, 0.2) is 48.8 Å². The van der Waals surface area contributed by atoms with Crippen LogP contribution >= 0.6 is 0 Å². The van der Waals surface area contributed by atoms with Gasteiger partial charge in [0.15, 0.2) is 11.6 Å². The summed E-state index contributed by atoms with van der Waals surface area (Å²) in [5.74, 6) is -1.09. The van der Waals surface area contributed by atoms with E-state index in [9.17, 15) is 14.0 Å². The Kier molecular flexibility index (Phi) is 5.02. The van der Waals surface area contributed by atoms with Crippen molar-refractivity contribution in [3.05, 3.63) is 54.6 Å². The predicted octanol–water partition coefficient (Wildman–Crippen LogP) is 1.85. The van der Waals surface area contributed by atoms with Crippen LogP contribution in [0.5, 0.6) is 5.75 Å². The summed E-state index contributed by atoms with van der Waals surface area (Å²) in [7, 11) is 1.28. The lowest BCUT2D eigenvalue weighted by Crippen LogP contribution is -2.42. The third kappa shape index (κ3) is 3.81. The van der Waals surface area contributed by atoms with Crippen molar-refractivity contribution < 1.29 is 23.5 Å². The minimum absolute atomic E-state index is 0.107. The molecule has 132 valence electrons. The second-order valence-electron chi connectivity index (χ2n) is 5.85. The molecule has 0 spiro atoms. The fourth-order valence-electron chi connectivity index (χ4n) is 2.96. The average Bonchev–Trinajstić information content (AvgIpc) is 3.26. The Morgan fingerprint density at radius 2 is 1.92 bits per heavy atom. The van der Waals surface area contributed by atoms with Crippen LogP contribution in [0.3, 0.4) is 0 Å². The minimum Gasteiger partial charge on any atom is -0.485 e. The lowest BCUT2D eigenvalue weighted by atomic mass is 10.2. The number of amides is 1. The van der Waals surface area contributed by atoms with Crippen molar-refractivity contribution in [3.63, 3.8) is 0 Å². The summed E-state index contributed by atoms with van der Waals surface area (Å²) >= 11 is 0. The zero-order chi connectivity index (χ0) is 17.8. The number of esters is 1. The SMILES string of the molecule is COC(=O)C1CC(Oc2ccccc2F)CN1C(=O)Cn1cccc1. The standard InChI is InChI=1S/C18H19FN2O4/c1-24-18(23)15-10-13(25-16-7-3-2-6-14(16)19)11-21(15)17(22)12-20-8-4-5-9-20/h2-9,13,15H,10-12H2,1H3. The quantitative estimate of drug-likeness (QED) is 0.775. The molecule has 1 aliphatic rings. The van der Waals surface area contributed by atoms with E-state index >= 15 is 0 Å². The van der Waals surface area contributed by atoms with Gasteiger partial charge in [0.05, 0.1) is 13.7 Å². The zero-order valence-electron chi connectivity index (χ0n) is 13.8. The predicted molar refractivity (Wildman–Crippen MR) is 87.4 cm³/mol. The van der Waals surface area contributed by atoms with E-state index in [1.807, 2.05) is 12.1 Å². The fourth-order valence-corrected chi connectivity index (χ4v) is 2.96. The molecule has 1 aromatic heterocycles. The van der Waals surface area contributed by atoms with Gasteiger partial charge in [-0.05, 0) is 24.3 Å². The monoisotopic (exact) mass is 346 g/mol. The Bertz CT molecular complexity index is 747. The maximum absolute atomic E-state index is 13.8. The van der Waals surface area contributed by atoms with E-state index in [0.29, 0.717) is 0 Å². The van der Waals surface area contributed by atoms with Crippen LogP contribution in [0, 0.1) is 5.82 Å². The number of nitrogens with zero attached hydrogens (tertiary/aromatic N) is 2. The van der Waals surface area contributed by atoms with Crippen molar-refractivity contribution in [2.45, 2.75) is 25.1 Å². The van der Waals surface area contributed by atoms with Crippen LogP contribution in [-0.4, -0.2) is 47.1 Å². The first-order valence-corrected chi connectivity index (χ1v) is 7.97. The summed E-state index contributed by atoms with van der Waals surface area (Å²) in [6.45, 7) is 0.321. The number of hydrogen-bond acceptors (Lipinski definition) is 4. The molecule has 7 heteroatoms. The number of methoxy groups -OCH3 is 1. The normalized spacial score (nSPS) is 19.7. The maximum atomic E-state index is 13.8. The molecule has 1 saturated heterocycles. The van der Waals surface area contributed by atoms with Gasteiger partial charge >= 0.3 is 5.97 Å². The lowest BCUT2D eigenvalue weighted by molar-refractivity contribution is -0.151. The molecule has 1 fully saturated rings. The van der Waals surface area contributed by atoms with Gasteiger partial charge in [0.1, 0.15) is 18.7 Å². The summed E-state index contributed by atoms with van der Waals surface area (Å²) in [5, 5.41) is 0. The molecular formula is C18H19FN2O4. The second kappa shape index (κ2) is 7.38. The van der Waals surface area contributed by atoms with Crippen molar-refractivity contribution in [2.24, 2.45) is 0 Å². The smallest absolute Gasteiger partial charge is 0.328 e. The molecule has 2 heterocycles. The van der Waals surface area contributed by atoms with Gasteiger partial charge < -0.3 is 18.9 Å². The molecule has 0 radical (unpaired) electrons. The molecule has 25 heavy (non-hydrogen) atoms. The molecule has 3 rings (SSSR count). The highest BCUT2D eigenvalue weighted by Gasteiger charge is 2.41. The topological polar surface area (TPSA) is 60.8 Å². The molecule has 2 unspecified atom stereocenters. The highest BCUT2D eigenvalue weighted by molar-refractivity contribution is 5.85. The van der Waals surface area contributed by atoms with Crippen molar-refractivity contribution in [1.82, 2.24) is 9.47 Å². The fraction of sp³-hybridized carbons (Fsp3) is 0.333. The highest BCUT2D eigenvalue weighted by atomic mass is 19.1. The lowest BCUT2D eigenvalue weighted by Gasteiger charge is -2.22. The molecule has 2 aromatic rings. The molecule has 0 aliphatic carbocycles. The third-order valence-electron chi connectivity index (χ3n) is 4.17. The largest absolute Gasteiger partial charge is 0.485 e. The second-order valence-corrected chi connectivity index (χ2v) is 5.85. The number of aromatic nitrogens is 1. The van der Waals surface area contributed by atoms with Gasteiger partial charge in [0.2, 0.25) is 5.91 Å². The molecule has 1 amide bonds. The van der Waals surface area contributed by atoms with Crippen LogP contribution < -0.4 is 4.74 Å². The summed E-state index contributed by atoms with van der Waals surface area (Å²) in [5.41, 5.74) is 0. The van der Waals surface area contributed by atoms with Gasteiger partial charge in [-0.1, -0.05) is 12.1 Å².